The van der Waals surface area contributed by atoms with E-state index < -0.39 is 11.0 Å². The Morgan fingerprint density at radius 1 is 1.47 bits per heavy atom. The number of fused-ring (bicyclic) bond motifs is 1. The van der Waals surface area contributed by atoms with Crippen LogP contribution >= 0.6 is 15.9 Å². The fourth-order valence-corrected chi connectivity index (χ4v) is 1.82. The van der Waals surface area contributed by atoms with Gasteiger partial charge in [0.1, 0.15) is 12.4 Å². The minimum atomic E-state index is -0.637. The maximum absolute atomic E-state index is 10.9. The molecule has 1 unspecified atom stereocenters. The van der Waals surface area contributed by atoms with Crippen molar-refractivity contribution in [1.29, 1.82) is 0 Å². The van der Waals surface area contributed by atoms with Crippen LogP contribution in [0.2, 0.25) is 0 Å². The van der Waals surface area contributed by atoms with E-state index in [2.05, 4.69) is 20.9 Å². The van der Waals surface area contributed by atoms with E-state index in [9.17, 15) is 15.2 Å². The van der Waals surface area contributed by atoms with E-state index in [-0.39, 0.29) is 17.8 Å². The van der Waals surface area contributed by atoms with Gasteiger partial charge in [-0.05, 0) is 18.2 Å². The number of aromatic nitrogens is 1. The monoisotopic (exact) mass is 326 g/mol. The maximum Gasteiger partial charge on any atom is 0.295 e. The lowest BCUT2D eigenvalue weighted by Crippen LogP contribution is -2.18. The van der Waals surface area contributed by atoms with Crippen molar-refractivity contribution in [2.75, 3.05) is 11.9 Å². The van der Waals surface area contributed by atoms with Gasteiger partial charge in [0.15, 0.2) is 5.52 Å². The third-order valence-electron chi connectivity index (χ3n) is 2.51. The van der Waals surface area contributed by atoms with Crippen LogP contribution in [0, 0.1) is 10.1 Å². The molecule has 7 heteroatoms. The molecule has 19 heavy (non-hydrogen) atoms. The van der Waals surface area contributed by atoms with Crippen LogP contribution in [0.15, 0.2) is 30.5 Å². The fourth-order valence-electron chi connectivity index (χ4n) is 1.64. The summed E-state index contributed by atoms with van der Waals surface area (Å²) in [6, 6.07) is 6.25. The molecule has 2 rings (SSSR count). The van der Waals surface area contributed by atoms with Gasteiger partial charge in [-0.3, -0.25) is 10.1 Å². The Kier molecular flexibility index (Phi) is 4.28. The van der Waals surface area contributed by atoms with Crippen molar-refractivity contribution >= 4 is 32.5 Å². The lowest BCUT2D eigenvalue weighted by Gasteiger charge is -2.11. The molecule has 1 aromatic carbocycles. The molecule has 0 aliphatic carbocycles. The van der Waals surface area contributed by atoms with Crippen molar-refractivity contribution < 1.29 is 14.8 Å². The molecular formula is C12H11BrN2O4. The van der Waals surface area contributed by atoms with E-state index in [1.807, 2.05) is 0 Å². The number of non-ortho nitro benzene ring substituents is 1. The number of alkyl halides is 1. The number of aliphatic hydroxyl groups excluding tert-OH is 1. The van der Waals surface area contributed by atoms with Crippen molar-refractivity contribution in [1.82, 2.24) is 4.98 Å². The number of nitrogens with zero attached hydrogens (tertiary/aromatic N) is 2. The molecule has 0 fully saturated rings. The summed E-state index contributed by atoms with van der Waals surface area (Å²) in [6.07, 6.45) is 0.855. The molecule has 0 aliphatic rings. The first-order chi connectivity index (χ1) is 9.13. The molecular weight excluding hydrogens is 316 g/mol. The molecule has 0 bridgehead atoms. The van der Waals surface area contributed by atoms with Crippen molar-refractivity contribution in [2.24, 2.45) is 0 Å². The van der Waals surface area contributed by atoms with Crippen LogP contribution in [0.1, 0.15) is 0 Å². The molecule has 1 aromatic heterocycles. The highest BCUT2D eigenvalue weighted by Crippen LogP contribution is 2.31. The molecule has 0 saturated carbocycles. The van der Waals surface area contributed by atoms with Gasteiger partial charge in [-0.25, -0.2) is 4.98 Å². The molecule has 2 aromatic rings. The van der Waals surface area contributed by atoms with E-state index in [1.165, 1.54) is 18.3 Å². The highest BCUT2D eigenvalue weighted by atomic mass is 79.9. The number of benzene rings is 1. The van der Waals surface area contributed by atoms with Crippen LogP contribution in [-0.4, -0.2) is 33.1 Å². The second-order valence-electron chi connectivity index (χ2n) is 3.86. The number of hydrogen-bond acceptors (Lipinski definition) is 5. The summed E-state index contributed by atoms with van der Waals surface area (Å²) in [4.78, 5) is 14.5. The highest BCUT2D eigenvalue weighted by molar-refractivity contribution is 9.09. The van der Waals surface area contributed by atoms with E-state index >= 15 is 0 Å². The average molecular weight is 327 g/mol. The van der Waals surface area contributed by atoms with Crippen molar-refractivity contribution in [3.05, 3.63) is 40.6 Å². The second kappa shape index (κ2) is 5.94. The predicted octanol–water partition coefficient (Wildman–Crippen LogP) is 2.28. The zero-order valence-corrected chi connectivity index (χ0v) is 11.4. The second-order valence-corrected chi connectivity index (χ2v) is 4.51. The van der Waals surface area contributed by atoms with Gasteiger partial charge in [0, 0.05) is 23.0 Å². The Morgan fingerprint density at radius 3 is 2.95 bits per heavy atom. The first-order valence-corrected chi connectivity index (χ1v) is 6.64. The summed E-state index contributed by atoms with van der Waals surface area (Å²) >= 11 is 3.14. The molecule has 0 amide bonds. The molecule has 1 heterocycles. The van der Waals surface area contributed by atoms with Crippen molar-refractivity contribution in [3.63, 3.8) is 0 Å². The zero-order valence-electron chi connectivity index (χ0n) is 9.82. The summed E-state index contributed by atoms with van der Waals surface area (Å²) in [5, 5.41) is 21.3. The Balaban J connectivity index is 2.41. The number of halogens is 1. The van der Waals surface area contributed by atoms with Crippen LogP contribution < -0.4 is 4.74 Å². The normalized spacial score (nSPS) is 12.3. The lowest BCUT2D eigenvalue weighted by atomic mass is 10.1. The van der Waals surface area contributed by atoms with Gasteiger partial charge >= 0.3 is 0 Å². The molecule has 0 saturated heterocycles. The summed E-state index contributed by atoms with van der Waals surface area (Å²) in [5.41, 5.74) is 0.210. The number of ether oxygens (including phenoxy) is 1. The zero-order chi connectivity index (χ0) is 13.8. The highest BCUT2D eigenvalue weighted by Gasteiger charge is 2.16. The van der Waals surface area contributed by atoms with Crippen molar-refractivity contribution in [3.8, 4) is 5.75 Å². The Bertz CT molecular complexity index is 605. The molecule has 6 nitrogen and oxygen atoms in total. The summed E-state index contributed by atoms with van der Waals surface area (Å²) in [5.74, 6) is 0.466. The molecule has 1 atom stereocenters. The van der Waals surface area contributed by atoms with Crippen LogP contribution in [0.5, 0.6) is 5.75 Å². The predicted molar refractivity (Wildman–Crippen MR) is 73.7 cm³/mol. The molecule has 100 valence electrons. The van der Waals surface area contributed by atoms with Gasteiger partial charge in [0.2, 0.25) is 0 Å². The number of pyridine rings is 1. The SMILES string of the molecule is O=[N+]([O-])c1ccc(OCC(O)CBr)c2cccnc12. The smallest absolute Gasteiger partial charge is 0.295 e. The Labute approximate surface area is 117 Å². The first-order valence-electron chi connectivity index (χ1n) is 5.52. The Morgan fingerprint density at radius 2 is 2.26 bits per heavy atom. The van der Waals surface area contributed by atoms with E-state index in [0.717, 1.165) is 0 Å². The van der Waals surface area contributed by atoms with E-state index in [0.29, 0.717) is 16.5 Å². The molecule has 0 spiro atoms. The quantitative estimate of drug-likeness (QED) is 0.517. The van der Waals surface area contributed by atoms with Gasteiger partial charge in [-0.2, -0.15) is 0 Å². The van der Waals surface area contributed by atoms with Crippen LogP contribution in [0.4, 0.5) is 5.69 Å². The van der Waals surface area contributed by atoms with Gasteiger partial charge in [0.05, 0.1) is 11.0 Å². The number of nitro groups is 1. The van der Waals surface area contributed by atoms with Gasteiger partial charge in [-0.15, -0.1) is 0 Å². The third kappa shape index (κ3) is 2.99. The lowest BCUT2D eigenvalue weighted by molar-refractivity contribution is -0.383. The van der Waals surface area contributed by atoms with Crippen LogP contribution in [0.3, 0.4) is 0 Å². The number of hydrogen-bond donors (Lipinski definition) is 1. The minimum absolute atomic E-state index is 0.0658. The third-order valence-corrected chi connectivity index (χ3v) is 3.26. The number of aliphatic hydroxyl groups is 1. The van der Waals surface area contributed by atoms with Crippen LogP contribution in [-0.2, 0) is 0 Å². The van der Waals surface area contributed by atoms with Crippen LogP contribution in [0.25, 0.3) is 10.9 Å². The largest absolute Gasteiger partial charge is 0.490 e. The summed E-state index contributed by atoms with van der Waals surface area (Å²) in [7, 11) is 0. The standard InChI is InChI=1S/C12H11BrN2O4/c13-6-8(16)7-19-11-4-3-10(15(17)18)12-9(11)2-1-5-14-12/h1-5,8,16H,6-7H2. The summed E-state index contributed by atoms with van der Waals surface area (Å²) < 4.78 is 5.46. The van der Waals surface area contributed by atoms with E-state index in [4.69, 9.17) is 4.74 Å². The number of rotatable bonds is 5. The number of nitro benzene ring substituents is 1. The van der Waals surface area contributed by atoms with Crippen molar-refractivity contribution in [2.45, 2.75) is 6.10 Å². The molecule has 0 radical (unpaired) electrons. The maximum atomic E-state index is 10.9. The first kappa shape index (κ1) is 13.7. The van der Waals surface area contributed by atoms with Gasteiger partial charge < -0.3 is 9.84 Å². The van der Waals surface area contributed by atoms with Gasteiger partial charge in [0.25, 0.3) is 5.69 Å². The van der Waals surface area contributed by atoms with Gasteiger partial charge in [-0.1, -0.05) is 15.9 Å². The topological polar surface area (TPSA) is 85.5 Å². The minimum Gasteiger partial charge on any atom is -0.490 e. The summed E-state index contributed by atoms with van der Waals surface area (Å²) in [6.45, 7) is 0.104. The Hall–Kier alpha value is -1.73. The average Bonchev–Trinajstić information content (AvgIpc) is 2.43. The molecule has 0 aliphatic heterocycles. The van der Waals surface area contributed by atoms with E-state index in [1.54, 1.807) is 12.1 Å². The molecule has 1 N–H and O–H groups in total. The fraction of sp³-hybridized carbons (Fsp3) is 0.250.